The van der Waals surface area contributed by atoms with Crippen molar-refractivity contribution >= 4 is 99.2 Å². The van der Waals surface area contributed by atoms with E-state index in [4.69, 9.17) is 47.8 Å². The summed E-state index contributed by atoms with van der Waals surface area (Å²) in [5, 5.41) is 61.4. The molecule has 0 saturated carbocycles. The summed E-state index contributed by atoms with van der Waals surface area (Å²) in [6.45, 7) is 30.4. The first-order chi connectivity index (χ1) is 62.1. The number of carbonyl (C=O) groups is 9. The summed E-state index contributed by atoms with van der Waals surface area (Å²) >= 11 is 0. The van der Waals surface area contributed by atoms with Gasteiger partial charge in [-0.1, -0.05) is 87.8 Å². The number of carboxylic acid groups (broad SMARTS) is 5. The Morgan fingerprint density at radius 2 is 0.815 bits per heavy atom. The number of esters is 1. The van der Waals surface area contributed by atoms with Crippen molar-refractivity contribution in [3.8, 4) is 56.4 Å². The monoisotopic (exact) mass is 1780 g/mol. The van der Waals surface area contributed by atoms with Crippen LogP contribution in [0.3, 0.4) is 0 Å². The zero-order valence-corrected chi connectivity index (χ0v) is 74.1. The number of alkyl carbamates (subject to hydrolysis) is 3. The van der Waals surface area contributed by atoms with Gasteiger partial charge < -0.3 is 114 Å². The van der Waals surface area contributed by atoms with Gasteiger partial charge in [0.2, 0.25) is 10.7 Å². The predicted octanol–water partition coefficient (Wildman–Crippen LogP) is 14.4. The third kappa shape index (κ3) is 24.4. The summed E-state index contributed by atoms with van der Waals surface area (Å²) in [4.78, 5) is 108. The van der Waals surface area contributed by atoms with Gasteiger partial charge in [0.05, 0.1) is 35.8 Å². The van der Waals surface area contributed by atoms with Crippen molar-refractivity contribution in [1.29, 1.82) is 0 Å². The van der Waals surface area contributed by atoms with Crippen LogP contribution in [0, 0.1) is 0 Å². The third-order valence-corrected chi connectivity index (χ3v) is 20.9. The van der Waals surface area contributed by atoms with Crippen molar-refractivity contribution < 1.29 is 101 Å². The van der Waals surface area contributed by atoms with E-state index in [0.29, 0.717) is 90.1 Å². The fraction of sp³-hybridized carbons (Fsp3) is 0.268. The lowest BCUT2D eigenvalue weighted by molar-refractivity contribution is -0.255. The average Bonchev–Trinajstić information content (AvgIpc) is 1.47. The van der Waals surface area contributed by atoms with Gasteiger partial charge in [-0.05, 0) is 144 Å². The van der Waals surface area contributed by atoms with Crippen molar-refractivity contribution in [2.24, 2.45) is 0 Å². The smallest absolute Gasteiger partial charge is 0.407 e. The minimum absolute atomic E-state index is 0. The number of benzene rings is 9. The number of hydrogen-bond acceptors (Lipinski definition) is 21. The van der Waals surface area contributed by atoms with E-state index in [9.17, 15) is 53.4 Å². The largest absolute Gasteiger partial charge is 0.545 e. The van der Waals surface area contributed by atoms with Crippen LogP contribution in [0.5, 0.6) is 11.5 Å². The number of anilines is 4. The lowest BCUT2D eigenvalue weighted by atomic mass is 9.77. The van der Waals surface area contributed by atoms with E-state index in [1.54, 1.807) is 55.0 Å². The molecule has 10 N–H and O–H groups in total. The lowest BCUT2D eigenvalue weighted by Gasteiger charge is -2.37. The maximum absolute atomic E-state index is 13.1. The molecule has 1 atom stereocenters. The van der Waals surface area contributed by atoms with Gasteiger partial charge in [0.1, 0.15) is 53.9 Å². The molecule has 4 heterocycles. The van der Waals surface area contributed by atoms with E-state index >= 15 is 0 Å². The molecule has 0 saturated heterocycles. The first kappa shape index (κ1) is 101. The van der Waals surface area contributed by atoms with Crippen molar-refractivity contribution in [1.82, 2.24) is 41.1 Å². The Kier molecular flexibility index (Phi) is 37.9. The molecule has 13 rings (SSSR count). The molecular formula is C97H113N12O21+. The fourth-order valence-electron chi connectivity index (χ4n) is 14.5. The van der Waals surface area contributed by atoms with Crippen molar-refractivity contribution in [2.45, 2.75) is 54.6 Å². The molecular weight excluding hydrogens is 1670 g/mol. The topological polar surface area (TPSA) is 421 Å². The molecule has 4 aliphatic heterocycles. The van der Waals surface area contributed by atoms with E-state index in [-0.39, 0.29) is 44.3 Å². The normalized spacial score (nSPS) is 12.4. The summed E-state index contributed by atoms with van der Waals surface area (Å²) in [5.41, 5.74) is 11.3. The van der Waals surface area contributed by atoms with E-state index in [0.717, 1.165) is 103 Å². The number of nitrogens with one attached hydrogen (secondary N) is 6. The van der Waals surface area contributed by atoms with Gasteiger partial charge in [0, 0.05) is 183 Å². The van der Waals surface area contributed by atoms with Gasteiger partial charge in [-0.15, -0.1) is 0 Å². The summed E-state index contributed by atoms with van der Waals surface area (Å²) in [6, 6.07) is 56.7. The second kappa shape index (κ2) is 48.6. The maximum atomic E-state index is 13.1. The van der Waals surface area contributed by atoms with Crippen LogP contribution in [0.25, 0.3) is 66.8 Å². The van der Waals surface area contributed by atoms with Gasteiger partial charge >= 0.3 is 48.5 Å². The number of carboxylic acids is 2. The van der Waals surface area contributed by atoms with Gasteiger partial charge in [-0.2, -0.15) is 0 Å². The molecule has 7 aromatic carbocycles. The first-order valence-electron chi connectivity index (χ1n) is 41.4. The Bertz CT molecular complexity index is 5720. The number of amides is 6. The molecule has 1 unspecified atom stereocenters. The molecule has 1 spiro atoms. The van der Waals surface area contributed by atoms with Crippen LogP contribution in [-0.2, 0) is 24.5 Å². The van der Waals surface area contributed by atoms with Gasteiger partial charge in [-0.3, -0.25) is 0 Å². The second-order valence-electron chi connectivity index (χ2n) is 27.9. The Morgan fingerprint density at radius 3 is 1.21 bits per heavy atom. The molecule has 0 radical (unpaired) electrons. The Balaban J connectivity index is 0.000000245. The highest BCUT2D eigenvalue weighted by Gasteiger charge is 2.54. The highest BCUT2D eigenvalue weighted by Crippen LogP contribution is 2.57. The zero-order valence-electron chi connectivity index (χ0n) is 74.1. The first-order valence-corrected chi connectivity index (χ1v) is 41.4. The molecule has 686 valence electrons. The minimum Gasteiger partial charge on any atom is -0.545 e. The quantitative estimate of drug-likeness (QED) is 0.0104. The standard InChI is InChI=1S/3C30H31N3O5.3C2H5NO2.CH4/c1-5-32(6-2)20-12-14-24-26(18-20)37-27-19-21(33(7-3)16-17-36-29(35)31-4)13-15-25(27)30(24)23-11-9-8-10-22(23)28(34)38-30;2*1-5-32(6-2)20-12-14-24-26(18-20)38-27-19-21(33(7-3)16-17-37-30(36)31-4)13-15-25(27)28(24)22-10-8-9-11-23(22)29(34)35;3*1-3-2(4)5;/h5,8-15,18-19H,1,6-7,16-17H2,2-4H3,(H,31,35);2*5,8-15,18-19H,1,6-7,16-17H2,2-4H3,(H-,31,34,35,36);3*3H,1H3,(H,4,5);1H4/p+1. The number of nitrogens with zero attached hydrogens (tertiary/aromatic N) is 6. The van der Waals surface area contributed by atoms with E-state index < -0.39 is 54.1 Å². The van der Waals surface area contributed by atoms with E-state index in [1.165, 1.54) is 42.3 Å². The minimum atomic E-state index is -1.24. The van der Waals surface area contributed by atoms with Crippen LogP contribution < -0.4 is 81.2 Å². The number of likely N-dealkylation sites (N-methyl/N-ethyl adjacent to an activating group) is 3. The Morgan fingerprint density at radius 1 is 0.438 bits per heavy atom. The molecule has 6 aliphatic rings. The maximum Gasteiger partial charge on any atom is 0.407 e. The summed E-state index contributed by atoms with van der Waals surface area (Å²) < 4.78 is 45.4. The van der Waals surface area contributed by atoms with Gasteiger partial charge in [0.25, 0.3) is 0 Å². The molecule has 0 aromatic heterocycles. The predicted molar refractivity (Wildman–Crippen MR) is 501 cm³/mol. The summed E-state index contributed by atoms with van der Waals surface area (Å²) in [6.07, 6.45) is 0.893. The molecule has 130 heavy (non-hydrogen) atoms. The number of fused-ring (bicyclic) bond motifs is 10. The zero-order chi connectivity index (χ0) is 94.2. The summed E-state index contributed by atoms with van der Waals surface area (Å²) in [5.74, 6) is -0.166. The van der Waals surface area contributed by atoms with Crippen LogP contribution in [0.4, 0.5) is 51.5 Å². The third-order valence-electron chi connectivity index (χ3n) is 20.9. The molecule has 33 nitrogen and oxygen atoms in total. The van der Waals surface area contributed by atoms with E-state index in [2.05, 4.69) is 49.7 Å². The number of rotatable bonds is 26. The lowest BCUT2D eigenvalue weighted by Crippen LogP contribution is -2.34. The van der Waals surface area contributed by atoms with Gasteiger partial charge in [0.15, 0.2) is 31.9 Å². The van der Waals surface area contributed by atoms with Crippen LogP contribution >= 0.6 is 0 Å². The van der Waals surface area contributed by atoms with E-state index in [1.807, 2.05) is 218 Å². The van der Waals surface area contributed by atoms with Crippen LogP contribution in [0.2, 0.25) is 0 Å². The number of ether oxygens (including phenoxy) is 5. The Labute approximate surface area is 753 Å². The van der Waals surface area contributed by atoms with Crippen molar-refractivity contribution in [2.75, 3.05) is 141 Å². The Hall–Kier alpha value is -15.8. The molecule has 33 heteroatoms. The molecule has 7 aromatic rings. The average molecular weight is 1780 g/mol. The summed E-state index contributed by atoms with van der Waals surface area (Å²) in [7, 11) is 8.62. The second-order valence-corrected chi connectivity index (χ2v) is 27.9. The number of aromatic carboxylic acids is 2. The van der Waals surface area contributed by atoms with Crippen LogP contribution in [0.1, 0.15) is 96.7 Å². The van der Waals surface area contributed by atoms with Crippen molar-refractivity contribution in [3.05, 3.63) is 264 Å². The molecule has 6 amide bonds. The van der Waals surface area contributed by atoms with Gasteiger partial charge in [-0.25, -0.2) is 47.5 Å². The molecule has 0 fully saturated rings. The highest BCUT2D eigenvalue weighted by atomic mass is 16.6. The van der Waals surface area contributed by atoms with Crippen LogP contribution in [-0.4, -0.2) is 196 Å². The molecule has 2 aliphatic carbocycles. The van der Waals surface area contributed by atoms with Crippen LogP contribution in [0.15, 0.2) is 229 Å². The molecule has 0 bridgehead atoms. The SMILES string of the molecule is C.C=CN(CC)c1ccc2c(-c3ccccc3C(=O)O)c3ccc(=[N+](CC)CCOC(=O)NC)cc-3oc2c1.C=CN(CC)c1ccc2c(-c3ccccc3C(=O)[O-])c3ccc(=[N+](CC)CCOC(=O)NC)cc-3oc2c1.C=CN(CC)c1ccc2c(c1)Oc1cc(N(CC)CCOC(=O)NC)ccc1C21OC(=O)c2ccccc21.CNC(=O)O.CNC(=O)O.CNC(=O)O. The number of carbonyl (C=O) groups excluding carboxylic acids is 5. The number of hydrogen-bond donors (Lipinski definition) is 10. The van der Waals surface area contributed by atoms with Crippen molar-refractivity contribution in [3.63, 3.8) is 0 Å². The highest BCUT2D eigenvalue weighted by molar-refractivity contribution is 6.09. The fourth-order valence-corrected chi connectivity index (χ4v) is 14.5.